The van der Waals surface area contributed by atoms with Crippen LogP contribution in [0.1, 0.15) is 156 Å². The van der Waals surface area contributed by atoms with E-state index in [9.17, 15) is 57.5 Å². The average Bonchev–Trinajstić information content (AvgIpc) is 0.748. The van der Waals surface area contributed by atoms with Crippen LogP contribution < -0.4 is 4.74 Å². The molecule has 23 rings (SSSR count). The lowest BCUT2D eigenvalue weighted by molar-refractivity contribution is -0.112. The molecule has 23 nitrogen and oxygen atoms in total. The van der Waals surface area contributed by atoms with Gasteiger partial charge in [-0.1, -0.05) is 125 Å². The van der Waals surface area contributed by atoms with Crippen LogP contribution in [-0.4, -0.2) is 204 Å². The lowest BCUT2D eigenvalue weighted by Gasteiger charge is -2.45. The molecule has 4 saturated heterocycles. The number of hydrogen-bond acceptors (Lipinski definition) is 23. The highest BCUT2D eigenvalue weighted by molar-refractivity contribution is 8.05. The lowest BCUT2D eigenvalue weighted by atomic mass is 9.88. The zero-order valence-electron chi connectivity index (χ0n) is 75.1. The number of ketones is 8. The third kappa shape index (κ3) is 18.7. The molecule has 0 radical (unpaired) electrons. The Morgan fingerprint density at radius 3 is 0.900 bits per heavy atom. The van der Waals surface area contributed by atoms with Crippen LogP contribution in [0, 0.1) is 0 Å². The van der Waals surface area contributed by atoms with E-state index in [1.165, 1.54) is 54.2 Å². The highest BCUT2D eigenvalue weighted by Gasteiger charge is 2.53. The minimum atomic E-state index is -0.536. The molecule has 0 atom stereocenters. The lowest BCUT2D eigenvalue weighted by Crippen LogP contribution is -2.50. The molecule has 0 saturated carbocycles. The van der Waals surface area contributed by atoms with Gasteiger partial charge < -0.3 is 43.3 Å². The van der Waals surface area contributed by atoms with Crippen molar-refractivity contribution in [3.05, 3.63) is 356 Å². The zero-order chi connectivity index (χ0) is 97.0. The first-order valence-electron chi connectivity index (χ1n) is 45.5. The Morgan fingerprint density at radius 2 is 0.586 bits per heavy atom. The Balaban J connectivity index is 0.000000115. The number of benzene rings is 9. The average molecular weight is 2020 g/mol. The molecule has 0 bridgehead atoms. The maximum atomic E-state index is 13.0. The quantitative estimate of drug-likeness (QED) is 0.128. The number of ether oxygens (including phenoxy) is 5. The van der Waals surface area contributed by atoms with Crippen LogP contribution in [0.3, 0.4) is 0 Å². The largest absolute Gasteiger partial charge is 0.497 e. The second kappa shape index (κ2) is 39.3. The van der Waals surface area contributed by atoms with E-state index < -0.39 is 68.7 Å². The van der Waals surface area contributed by atoms with Crippen molar-refractivity contribution in [2.24, 2.45) is 0 Å². The summed E-state index contributed by atoms with van der Waals surface area (Å²) in [5.41, 5.74) is 9.89. The van der Waals surface area contributed by atoms with Crippen molar-refractivity contribution in [3.63, 3.8) is 0 Å². The predicted octanol–water partition coefficient (Wildman–Crippen LogP) is 20.6. The van der Waals surface area contributed by atoms with Crippen LogP contribution in [0.5, 0.6) is 5.75 Å². The van der Waals surface area contributed by atoms with E-state index in [4.69, 9.17) is 70.1 Å². The van der Waals surface area contributed by atoms with Gasteiger partial charge in [0, 0.05) is 244 Å². The van der Waals surface area contributed by atoms with Crippen LogP contribution in [-0.2, 0) is 38.1 Å². The van der Waals surface area contributed by atoms with Gasteiger partial charge in [0.1, 0.15) is 70.8 Å². The normalized spacial score (nSPS) is 18.7. The van der Waals surface area contributed by atoms with Gasteiger partial charge in [0.05, 0.1) is 7.11 Å². The summed E-state index contributed by atoms with van der Waals surface area (Å²) in [6, 6.07) is 66.9. The zero-order valence-corrected chi connectivity index (χ0v) is 81.4. The molecule has 4 spiro atoms. The Hall–Kier alpha value is -13.0. The van der Waals surface area contributed by atoms with Crippen LogP contribution in [0.4, 0.5) is 0 Å². The third-order valence-electron chi connectivity index (χ3n) is 27.2. The molecule has 9 aromatic carbocycles. The van der Waals surface area contributed by atoms with Crippen LogP contribution in [0.2, 0.25) is 20.1 Å². The van der Waals surface area contributed by atoms with Gasteiger partial charge in [0.2, 0.25) is 46.3 Å². The number of fused-ring (bicyclic) bond motifs is 8. The van der Waals surface area contributed by atoms with Crippen molar-refractivity contribution < 1.29 is 81.2 Å². The Labute approximate surface area is 841 Å². The topological polar surface area (TPSA) is 290 Å². The fourth-order valence-corrected chi connectivity index (χ4v) is 25.1. The SMILES string of the molecule is COc1ccc2c(c1)C(=O)C(=O)C1=C2OC2(CCN(C(=O)c3cccc(Cl)c3)CC2)CS1.O=C1C(=O)c2ccc(-c3ccccc3)cc2C2=C1SCC1(CCN(C(=O)c3cccc(Cl)c3)CC1)O2.O=C1C(=O)c2ccc(-c3cccnc3)cc2C2=C1SCC1(CCN(C(=O)c3cccc(Cl)c3)CC1)O2.O=C1C(=O)c2ccc(-c3ccncc3)cc2C2=C1SCC1(CCN(C(=O)c3cccc(Cl)c3)CC1)O2. The van der Waals surface area contributed by atoms with Gasteiger partial charge in [0.15, 0.2) is 0 Å². The first-order valence-corrected chi connectivity index (χ1v) is 51.0. The molecule has 10 heterocycles. The highest BCUT2D eigenvalue weighted by atomic mass is 35.5. The third-order valence-corrected chi connectivity index (χ3v) is 33.4. The Morgan fingerprint density at radius 1 is 0.286 bits per heavy atom. The number of nitrogens with zero attached hydrogens (tertiary/aromatic N) is 6. The Bertz CT molecular complexity index is 6680. The number of thioether (sulfide) groups is 4. The maximum absolute atomic E-state index is 13.0. The van der Waals surface area contributed by atoms with Gasteiger partial charge in [-0.25, -0.2) is 0 Å². The van der Waals surface area contributed by atoms with Gasteiger partial charge >= 0.3 is 0 Å². The number of allylic oxidation sites excluding steroid dienone is 4. The molecule has 8 aliphatic heterocycles. The molecule has 704 valence electrons. The standard InChI is InChI=1S/C29H22ClNO4S.2C28H21ClN2O4S.C24H20ClNO5S/c30-21-8-4-7-20(15-21)28(34)31-13-11-29(12-14-31)17-36-27-25(33)24(32)22-10-9-19(16-23(22)26(27)35-29)18-5-2-1-3-6-18;29-20-5-1-3-18(13-20)27(34)31-11-8-28(9-12-31)16-36-26-24(33)23(32)21-7-6-17(14-22(21)25(26)35-28)19-4-2-10-30-15-19;29-20-3-1-2-19(14-20)27(34)31-12-8-28(9-13-31)16-36-26-24(33)23(32)21-5-4-18(15-22(21)25(26)35-28)17-6-10-30-11-7-17;1-30-16-5-6-17-18(12-16)19(27)20(28)22-21(17)31-24(13-32-22)7-9-26(10-8-24)23(29)14-3-2-4-15(25)11-14/h1-10,15-16H,11-14,17H2;1-7,10,13-15H,8-9,11-12,16H2;1-7,10-11,14-15H,8-9,12-13,16H2;2-6,11-12H,7-10,13H2,1H3. The summed E-state index contributed by atoms with van der Waals surface area (Å²) in [4.78, 5) is 171. The van der Waals surface area contributed by atoms with Gasteiger partial charge in [-0.3, -0.25) is 67.5 Å². The van der Waals surface area contributed by atoms with E-state index in [2.05, 4.69) is 9.97 Å². The fraction of sp³-hybridized carbons (Fsp3) is 0.229. The highest BCUT2D eigenvalue weighted by Crippen LogP contribution is 2.54. The number of rotatable bonds is 8. The van der Waals surface area contributed by atoms with Gasteiger partial charge in [-0.05, 0) is 173 Å². The van der Waals surface area contributed by atoms with E-state index in [1.54, 1.807) is 158 Å². The van der Waals surface area contributed by atoms with Gasteiger partial charge in [0.25, 0.3) is 23.6 Å². The van der Waals surface area contributed by atoms with Crippen LogP contribution in [0.25, 0.3) is 56.4 Å². The summed E-state index contributed by atoms with van der Waals surface area (Å²) in [6.45, 7) is 4.29. The molecular formula is C109H84Cl4N6O17S4. The van der Waals surface area contributed by atoms with E-state index in [0.717, 1.165) is 33.4 Å². The molecule has 12 aliphatic rings. The van der Waals surface area contributed by atoms with Crippen molar-refractivity contribution in [1.82, 2.24) is 29.6 Å². The van der Waals surface area contributed by atoms with Gasteiger partial charge in [-0.2, -0.15) is 0 Å². The van der Waals surface area contributed by atoms with Gasteiger partial charge in [-0.15, -0.1) is 47.0 Å². The molecule has 4 fully saturated rings. The minimum Gasteiger partial charge on any atom is -0.497 e. The number of aromatic nitrogens is 2. The summed E-state index contributed by atoms with van der Waals surface area (Å²) in [5.74, 6) is 0.390. The number of likely N-dealkylation sites (tertiary alicyclic amines) is 4. The first-order chi connectivity index (χ1) is 67.7. The molecule has 31 heteroatoms. The molecule has 2 aromatic heterocycles. The van der Waals surface area contributed by atoms with Crippen molar-refractivity contribution in [2.75, 3.05) is 82.5 Å². The molecule has 140 heavy (non-hydrogen) atoms. The number of pyridine rings is 2. The van der Waals surface area contributed by atoms with Crippen molar-refractivity contribution >= 4 is 186 Å². The summed E-state index contributed by atoms with van der Waals surface area (Å²) in [6.07, 6.45) is 12.0. The Kier molecular flexibility index (Phi) is 26.5. The number of amides is 4. The number of halogens is 4. The first kappa shape index (κ1) is 94.6. The number of methoxy groups -OCH3 is 1. The van der Waals surface area contributed by atoms with E-state index in [0.29, 0.717) is 262 Å². The molecule has 0 N–H and O–H groups in total. The van der Waals surface area contributed by atoms with Crippen LogP contribution >= 0.6 is 93.5 Å². The van der Waals surface area contributed by atoms with Crippen molar-refractivity contribution in [3.8, 4) is 39.1 Å². The molecule has 0 unspecified atom stereocenters. The van der Waals surface area contributed by atoms with E-state index >= 15 is 0 Å². The number of piperidine rings is 4. The number of hydrogen-bond donors (Lipinski definition) is 0. The second-order valence-corrected chi connectivity index (χ2v) is 41.5. The summed E-state index contributed by atoms with van der Waals surface area (Å²) in [5, 5.41) is 2.12. The van der Waals surface area contributed by atoms with E-state index in [-0.39, 0.29) is 23.6 Å². The predicted molar refractivity (Wildman–Crippen MR) is 541 cm³/mol. The second-order valence-electron chi connectivity index (χ2n) is 35.8. The summed E-state index contributed by atoms with van der Waals surface area (Å²) >= 11 is 29.8. The summed E-state index contributed by atoms with van der Waals surface area (Å²) < 4.78 is 31.6. The number of carbonyl (C=O) groups excluding carboxylic acids is 12. The molecule has 4 amide bonds. The fourth-order valence-electron chi connectivity index (χ4n) is 19.3. The molecule has 11 aromatic rings. The van der Waals surface area contributed by atoms with Crippen molar-refractivity contribution in [2.45, 2.75) is 73.8 Å². The smallest absolute Gasteiger partial charge is 0.253 e. The number of Topliss-reactive ketones (excluding diaryl/α,β-unsaturated/α-hetero) is 8. The van der Waals surface area contributed by atoms with E-state index in [1.807, 2.05) is 111 Å². The summed E-state index contributed by atoms with van der Waals surface area (Å²) in [7, 11) is 1.52. The maximum Gasteiger partial charge on any atom is 0.253 e. The van der Waals surface area contributed by atoms with Crippen LogP contribution in [0.15, 0.2) is 269 Å². The minimum absolute atomic E-state index is 0.0491. The monoisotopic (exact) mass is 2020 g/mol. The molecule has 4 aliphatic carbocycles. The molecular weight excluding hydrogens is 1940 g/mol. The number of carbonyl (C=O) groups is 12. The van der Waals surface area contributed by atoms with Crippen molar-refractivity contribution in [1.29, 1.82) is 0 Å².